The molecular formula is C13H22N2O3. The monoisotopic (exact) mass is 254 g/mol. The summed E-state index contributed by atoms with van der Waals surface area (Å²) in [5.74, 6) is -0.966. The van der Waals surface area contributed by atoms with Crippen molar-refractivity contribution < 1.29 is 14.7 Å². The zero-order chi connectivity index (χ0) is 13.2. The van der Waals surface area contributed by atoms with Gasteiger partial charge in [0, 0.05) is 18.5 Å². The number of amides is 1. The van der Waals surface area contributed by atoms with Gasteiger partial charge < -0.3 is 15.7 Å². The molecule has 1 atom stereocenters. The molecule has 5 heteroatoms. The fourth-order valence-corrected chi connectivity index (χ4v) is 3.15. The molecule has 1 heterocycles. The lowest BCUT2D eigenvalue weighted by Gasteiger charge is -2.35. The van der Waals surface area contributed by atoms with Crippen molar-refractivity contribution in [3.8, 4) is 0 Å². The second kappa shape index (κ2) is 5.26. The Morgan fingerprint density at radius 2 is 1.89 bits per heavy atom. The first-order valence-electron chi connectivity index (χ1n) is 6.83. The molecule has 2 rings (SSSR count). The van der Waals surface area contributed by atoms with E-state index < -0.39 is 17.6 Å². The predicted octanol–water partition coefficient (Wildman–Crippen LogP) is 1.11. The fourth-order valence-electron chi connectivity index (χ4n) is 3.15. The lowest BCUT2D eigenvalue weighted by atomic mass is 9.92. The van der Waals surface area contributed by atoms with E-state index in [0.29, 0.717) is 19.4 Å². The maximum atomic E-state index is 12.3. The molecule has 102 valence electrons. The summed E-state index contributed by atoms with van der Waals surface area (Å²) in [7, 11) is 0. The van der Waals surface area contributed by atoms with Gasteiger partial charge in [0.2, 0.25) is 5.91 Å². The van der Waals surface area contributed by atoms with E-state index in [4.69, 9.17) is 10.8 Å². The first-order valence-corrected chi connectivity index (χ1v) is 6.83. The lowest BCUT2D eigenvalue weighted by Crippen LogP contribution is -2.51. The molecule has 0 aromatic heterocycles. The average molecular weight is 254 g/mol. The van der Waals surface area contributed by atoms with Crippen LogP contribution in [0.1, 0.15) is 51.4 Å². The topological polar surface area (TPSA) is 83.6 Å². The van der Waals surface area contributed by atoms with Crippen molar-refractivity contribution >= 4 is 11.9 Å². The number of nitrogens with zero attached hydrogens (tertiary/aromatic N) is 1. The van der Waals surface area contributed by atoms with Crippen LogP contribution in [0.25, 0.3) is 0 Å². The standard InChI is InChI=1S/C13H22N2O3/c14-13(6-2-3-7-13)9-11(16)15-8-4-1-5-10(15)12(17)18/h10H,1-9,14H2,(H,17,18)/t10-/m0/s1. The number of carboxylic acids is 1. The summed E-state index contributed by atoms with van der Waals surface area (Å²) >= 11 is 0. The van der Waals surface area contributed by atoms with E-state index in [0.717, 1.165) is 38.5 Å². The van der Waals surface area contributed by atoms with Gasteiger partial charge in [0.25, 0.3) is 0 Å². The highest BCUT2D eigenvalue weighted by Gasteiger charge is 2.37. The molecule has 2 fully saturated rings. The van der Waals surface area contributed by atoms with Crippen LogP contribution in [0.15, 0.2) is 0 Å². The fraction of sp³-hybridized carbons (Fsp3) is 0.846. The molecule has 3 N–H and O–H groups in total. The van der Waals surface area contributed by atoms with Crippen LogP contribution in [0.4, 0.5) is 0 Å². The largest absolute Gasteiger partial charge is 0.480 e. The second-order valence-electron chi connectivity index (χ2n) is 5.68. The highest BCUT2D eigenvalue weighted by Crippen LogP contribution is 2.31. The summed E-state index contributed by atoms with van der Waals surface area (Å²) in [5.41, 5.74) is 5.80. The van der Waals surface area contributed by atoms with Gasteiger partial charge in [-0.05, 0) is 32.1 Å². The van der Waals surface area contributed by atoms with E-state index in [1.807, 2.05) is 0 Å². The van der Waals surface area contributed by atoms with E-state index in [1.165, 1.54) is 4.90 Å². The molecule has 1 amide bonds. The number of carboxylic acid groups (broad SMARTS) is 1. The molecule has 0 unspecified atom stereocenters. The lowest BCUT2D eigenvalue weighted by molar-refractivity contribution is -0.152. The third-order valence-corrected chi connectivity index (χ3v) is 4.21. The summed E-state index contributed by atoms with van der Waals surface area (Å²) in [6.07, 6.45) is 6.56. The highest BCUT2D eigenvalue weighted by molar-refractivity contribution is 5.84. The van der Waals surface area contributed by atoms with Gasteiger partial charge in [-0.2, -0.15) is 0 Å². The molecule has 0 aromatic carbocycles. The van der Waals surface area contributed by atoms with Gasteiger partial charge in [0.1, 0.15) is 6.04 Å². The molecule has 0 aromatic rings. The number of carbonyl (C=O) groups excluding carboxylic acids is 1. The molecule has 0 bridgehead atoms. The number of piperidine rings is 1. The first kappa shape index (κ1) is 13.3. The summed E-state index contributed by atoms with van der Waals surface area (Å²) < 4.78 is 0. The zero-order valence-electron chi connectivity index (χ0n) is 10.7. The number of rotatable bonds is 3. The summed E-state index contributed by atoms with van der Waals surface area (Å²) in [6.45, 7) is 0.561. The van der Waals surface area contributed by atoms with E-state index >= 15 is 0 Å². The Kier molecular flexibility index (Phi) is 3.90. The maximum Gasteiger partial charge on any atom is 0.326 e. The molecule has 0 spiro atoms. The number of carbonyl (C=O) groups is 2. The number of hydrogen-bond acceptors (Lipinski definition) is 3. The van der Waals surface area contributed by atoms with E-state index in [2.05, 4.69) is 0 Å². The second-order valence-corrected chi connectivity index (χ2v) is 5.68. The van der Waals surface area contributed by atoms with Crippen LogP contribution in [0.2, 0.25) is 0 Å². The Morgan fingerprint density at radius 3 is 2.50 bits per heavy atom. The average Bonchev–Trinajstić information content (AvgIpc) is 2.75. The van der Waals surface area contributed by atoms with Crippen molar-refractivity contribution in [2.24, 2.45) is 5.73 Å². The van der Waals surface area contributed by atoms with E-state index in [9.17, 15) is 9.59 Å². The minimum Gasteiger partial charge on any atom is -0.480 e. The molecule has 1 aliphatic carbocycles. The highest BCUT2D eigenvalue weighted by atomic mass is 16.4. The van der Waals surface area contributed by atoms with Crippen molar-refractivity contribution in [1.29, 1.82) is 0 Å². The van der Waals surface area contributed by atoms with Crippen LogP contribution in [-0.2, 0) is 9.59 Å². The Hall–Kier alpha value is -1.10. The molecule has 2 aliphatic rings. The zero-order valence-corrected chi connectivity index (χ0v) is 10.7. The number of likely N-dealkylation sites (tertiary alicyclic amines) is 1. The van der Waals surface area contributed by atoms with E-state index in [-0.39, 0.29) is 5.91 Å². The third-order valence-electron chi connectivity index (χ3n) is 4.21. The number of aliphatic carboxylic acids is 1. The number of hydrogen-bond donors (Lipinski definition) is 2. The quantitative estimate of drug-likeness (QED) is 0.790. The molecular weight excluding hydrogens is 232 g/mol. The Bertz CT molecular complexity index is 337. The van der Waals surface area contributed by atoms with Gasteiger partial charge in [-0.3, -0.25) is 4.79 Å². The Labute approximate surface area is 107 Å². The molecule has 1 saturated carbocycles. The van der Waals surface area contributed by atoms with Crippen LogP contribution in [0, 0.1) is 0 Å². The van der Waals surface area contributed by atoms with E-state index in [1.54, 1.807) is 0 Å². The van der Waals surface area contributed by atoms with Crippen LogP contribution < -0.4 is 5.73 Å². The number of nitrogens with two attached hydrogens (primary N) is 1. The van der Waals surface area contributed by atoms with Gasteiger partial charge in [0.05, 0.1) is 0 Å². The van der Waals surface area contributed by atoms with Gasteiger partial charge >= 0.3 is 5.97 Å². The third kappa shape index (κ3) is 2.83. The molecule has 18 heavy (non-hydrogen) atoms. The summed E-state index contributed by atoms with van der Waals surface area (Å²) in [6, 6.07) is -0.642. The minimum absolute atomic E-state index is 0.0773. The summed E-state index contributed by atoms with van der Waals surface area (Å²) in [5, 5.41) is 9.16. The van der Waals surface area contributed by atoms with Gasteiger partial charge in [-0.15, -0.1) is 0 Å². The molecule has 1 aliphatic heterocycles. The van der Waals surface area contributed by atoms with Crippen LogP contribution in [-0.4, -0.2) is 40.0 Å². The van der Waals surface area contributed by atoms with Crippen molar-refractivity contribution in [3.63, 3.8) is 0 Å². The van der Waals surface area contributed by atoms with Crippen molar-refractivity contribution in [1.82, 2.24) is 4.90 Å². The molecule has 1 saturated heterocycles. The van der Waals surface area contributed by atoms with Crippen molar-refractivity contribution in [2.75, 3.05) is 6.54 Å². The smallest absolute Gasteiger partial charge is 0.326 e. The molecule has 0 radical (unpaired) electrons. The van der Waals surface area contributed by atoms with Crippen molar-refractivity contribution in [3.05, 3.63) is 0 Å². The normalized spacial score (nSPS) is 27.2. The molecule has 5 nitrogen and oxygen atoms in total. The van der Waals surface area contributed by atoms with Gasteiger partial charge in [0.15, 0.2) is 0 Å². The van der Waals surface area contributed by atoms with Crippen LogP contribution in [0.3, 0.4) is 0 Å². The first-order chi connectivity index (χ1) is 8.52. The van der Waals surface area contributed by atoms with Crippen LogP contribution >= 0.6 is 0 Å². The maximum absolute atomic E-state index is 12.3. The Morgan fingerprint density at radius 1 is 1.22 bits per heavy atom. The summed E-state index contributed by atoms with van der Waals surface area (Å²) in [4.78, 5) is 24.9. The minimum atomic E-state index is -0.888. The SMILES string of the molecule is NC1(CC(=O)N2CCCC[C@H]2C(=O)O)CCCC1. The van der Waals surface area contributed by atoms with Gasteiger partial charge in [-0.25, -0.2) is 4.79 Å². The van der Waals surface area contributed by atoms with Crippen molar-refractivity contribution in [2.45, 2.75) is 62.9 Å². The van der Waals surface area contributed by atoms with Gasteiger partial charge in [-0.1, -0.05) is 12.8 Å². The Balaban J connectivity index is 2.00. The van der Waals surface area contributed by atoms with Crippen LogP contribution in [0.5, 0.6) is 0 Å². The predicted molar refractivity (Wildman–Crippen MR) is 67.0 cm³/mol.